The molecule has 3 nitrogen and oxygen atoms in total. The highest BCUT2D eigenvalue weighted by molar-refractivity contribution is 8.01. The summed E-state index contributed by atoms with van der Waals surface area (Å²) in [6.45, 7) is 3.55. The quantitative estimate of drug-likeness (QED) is 0.607. The van der Waals surface area contributed by atoms with Gasteiger partial charge in [0.1, 0.15) is 17.2 Å². The monoisotopic (exact) mass is 410 g/mol. The van der Waals surface area contributed by atoms with Crippen LogP contribution >= 0.6 is 23.4 Å². The van der Waals surface area contributed by atoms with Gasteiger partial charge in [-0.15, -0.1) is 11.8 Å². The summed E-state index contributed by atoms with van der Waals surface area (Å²) in [6, 6.07) is 8.81. The first kappa shape index (κ1) is 21.3. The van der Waals surface area contributed by atoms with Gasteiger partial charge in [0.05, 0.1) is 0 Å². The van der Waals surface area contributed by atoms with Crippen LogP contribution in [0, 0.1) is 11.6 Å². The van der Waals surface area contributed by atoms with Crippen LogP contribution in [-0.4, -0.2) is 18.2 Å². The zero-order chi connectivity index (χ0) is 20.0. The fourth-order valence-corrected chi connectivity index (χ4v) is 3.24. The summed E-state index contributed by atoms with van der Waals surface area (Å²) >= 11 is 7.62. The number of carbonyl (C=O) groups excluding carboxylic acids is 1. The first-order valence-electron chi connectivity index (χ1n) is 8.33. The molecule has 0 saturated heterocycles. The van der Waals surface area contributed by atoms with Crippen molar-refractivity contribution in [1.82, 2.24) is 5.32 Å². The Hall–Kier alpha value is -2.05. The minimum absolute atomic E-state index is 0.226. The highest BCUT2D eigenvalue weighted by Gasteiger charge is 2.20. The van der Waals surface area contributed by atoms with Gasteiger partial charge in [0.25, 0.3) is 5.91 Å². The van der Waals surface area contributed by atoms with E-state index in [1.54, 1.807) is 30.5 Å². The van der Waals surface area contributed by atoms with E-state index in [4.69, 9.17) is 11.6 Å². The van der Waals surface area contributed by atoms with Gasteiger partial charge in [-0.2, -0.15) is 0 Å². The Kier molecular flexibility index (Phi) is 7.68. The van der Waals surface area contributed by atoms with Crippen molar-refractivity contribution < 1.29 is 13.6 Å². The minimum atomic E-state index is -0.928. The predicted octanol–water partition coefficient (Wildman–Crippen LogP) is 5.79. The first-order chi connectivity index (χ1) is 12.8. The third kappa shape index (κ3) is 5.71. The van der Waals surface area contributed by atoms with Crippen molar-refractivity contribution in [3.8, 4) is 0 Å². The third-order valence-electron chi connectivity index (χ3n) is 3.89. The van der Waals surface area contributed by atoms with Crippen LogP contribution in [0.3, 0.4) is 0 Å². The maximum Gasteiger partial charge on any atom is 0.257 e. The lowest BCUT2D eigenvalue weighted by molar-refractivity contribution is 0.0938. The number of carbonyl (C=O) groups is 1. The average molecular weight is 411 g/mol. The first-order valence-corrected chi connectivity index (χ1v) is 10.0. The zero-order valence-corrected chi connectivity index (χ0v) is 16.8. The second-order valence-electron chi connectivity index (χ2n) is 6.03. The third-order valence-corrected chi connectivity index (χ3v) is 4.66. The van der Waals surface area contributed by atoms with Crippen LogP contribution in [0.1, 0.15) is 35.8 Å². The Morgan fingerprint density at radius 1 is 1.19 bits per heavy atom. The van der Waals surface area contributed by atoms with Gasteiger partial charge in [0.2, 0.25) is 0 Å². The molecule has 1 amide bonds. The number of anilines is 1. The van der Waals surface area contributed by atoms with Gasteiger partial charge >= 0.3 is 0 Å². The molecular weight excluding hydrogens is 390 g/mol. The molecule has 0 aliphatic carbocycles. The van der Waals surface area contributed by atoms with Crippen molar-refractivity contribution in [2.45, 2.75) is 25.9 Å². The molecule has 2 aromatic rings. The Balaban J connectivity index is 2.17. The van der Waals surface area contributed by atoms with Gasteiger partial charge in [0, 0.05) is 22.8 Å². The standard InChI is InChI=1S/C20H21ClF2N2OS/c1-12(8-9-27-3)24-20(26)19-17(22)10-14(11-18(19)23)25-13(2)15-6-4-5-7-16(15)21/h4-13,25H,1-3H3,(H,24,26)/b9-8+/t12-,13+/m1/s1. The summed E-state index contributed by atoms with van der Waals surface area (Å²) in [6.07, 6.45) is 3.61. The molecule has 2 aromatic carbocycles. The Labute approximate surface area is 167 Å². The summed E-state index contributed by atoms with van der Waals surface area (Å²) in [4.78, 5) is 12.2. The number of halogens is 3. The number of hydrogen-bond acceptors (Lipinski definition) is 3. The SMILES string of the molecule is CS/C=C/[C@@H](C)NC(=O)c1c(F)cc(N[C@@H](C)c2ccccc2Cl)cc1F. The number of rotatable bonds is 7. The van der Waals surface area contributed by atoms with Crippen molar-refractivity contribution >= 4 is 35.0 Å². The van der Waals surface area contributed by atoms with E-state index in [0.717, 1.165) is 17.7 Å². The zero-order valence-electron chi connectivity index (χ0n) is 15.2. The van der Waals surface area contributed by atoms with Gasteiger partial charge in [-0.05, 0) is 49.3 Å². The van der Waals surface area contributed by atoms with Crippen molar-refractivity contribution in [3.05, 3.63) is 75.7 Å². The van der Waals surface area contributed by atoms with Crippen molar-refractivity contribution in [3.63, 3.8) is 0 Å². The molecule has 0 aliphatic heterocycles. The van der Waals surface area contributed by atoms with E-state index in [2.05, 4.69) is 10.6 Å². The van der Waals surface area contributed by atoms with E-state index in [9.17, 15) is 13.6 Å². The molecular formula is C20H21ClF2N2OS. The van der Waals surface area contributed by atoms with E-state index >= 15 is 0 Å². The van der Waals surface area contributed by atoms with Crippen LogP contribution in [0.5, 0.6) is 0 Å². The molecule has 0 aromatic heterocycles. The molecule has 7 heteroatoms. The number of amides is 1. The van der Waals surface area contributed by atoms with E-state index in [1.165, 1.54) is 11.8 Å². The summed E-state index contributed by atoms with van der Waals surface area (Å²) in [5.41, 5.74) is 0.427. The molecule has 2 N–H and O–H groups in total. The van der Waals surface area contributed by atoms with Gasteiger partial charge in [-0.1, -0.05) is 35.9 Å². The lowest BCUT2D eigenvalue weighted by atomic mass is 10.1. The number of hydrogen-bond donors (Lipinski definition) is 2. The van der Waals surface area contributed by atoms with Crippen LogP contribution in [0.15, 0.2) is 47.9 Å². The maximum atomic E-state index is 14.4. The van der Waals surface area contributed by atoms with Crippen LogP contribution in [-0.2, 0) is 0 Å². The molecule has 0 saturated carbocycles. The Bertz CT molecular complexity index is 821. The van der Waals surface area contributed by atoms with Gasteiger partial charge in [0.15, 0.2) is 0 Å². The second kappa shape index (κ2) is 9.76. The van der Waals surface area contributed by atoms with E-state index < -0.39 is 23.1 Å². The van der Waals surface area contributed by atoms with Crippen LogP contribution in [0.2, 0.25) is 5.02 Å². The Morgan fingerprint density at radius 3 is 2.41 bits per heavy atom. The lowest BCUT2D eigenvalue weighted by Crippen LogP contribution is -2.32. The molecule has 144 valence electrons. The topological polar surface area (TPSA) is 41.1 Å². The predicted molar refractivity (Wildman–Crippen MR) is 109 cm³/mol. The number of nitrogens with one attached hydrogen (secondary N) is 2. The molecule has 0 spiro atoms. The highest BCUT2D eigenvalue weighted by atomic mass is 35.5. The molecule has 0 aliphatic rings. The molecule has 0 unspecified atom stereocenters. The lowest BCUT2D eigenvalue weighted by Gasteiger charge is -2.18. The molecule has 27 heavy (non-hydrogen) atoms. The molecule has 2 rings (SSSR count). The van der Waals surface area contributed by atoms with Crippen molar-refractivity contribution in [2.24, 2.45) is 0 Å². The van der Waals surface area contributed by atoms with E-state index in [-0.39, 0.29) is 17.8 Å². The summed E-state index contributed by atoms with van der Waals surface area (Å²) in [5.74, 6) is -2.65. The maximum absolute atomic E-state index is 14.4. The summed E-state index contributed by atoms with van der Waals surface area (Å²) in [7, 11) is 0. The van der Waals surface area contributed by atoms with E-state index in [0.29, 0.717) is 5.02 Å². The minimum Gasteiger partial charge on any atom is -0.378 e. The molecule has 0 bridgehead atoms. The Morgan fingerprint density at radius 2 is 1.81 bits per heavy atom. The largest absolute Gasteiger partial charge is 0.378 e. The average Bonchev–Trinajstić information content (AvgIpc) is 2.59. The molecule has 0 radical (unpaired) electrons. The number of benzene rings is 2. The smallest absolute Gasteiger partial charge is 0.257 e. The fraction of sp³-hybridized carbons (Fsp3) is 0.250. The van der Waals surface area contributed by atoms with Gasteiger partial charge in [-0.25, -0.2) is 8.78 Å². The van der Waals surface area contributed by atoms with E-state index in [1.807, 2.05) is 25.3 Å². The van der Waals surface area contributed by atoms with Crippen LogP contribution in [0.25, 0.3) is 0 Å². The fourth-order valence-electron chi connectivity index (χ4n) is 2.55. The number of thioether (sulfide) groups is 1. The summed E-state index contributed by atoms with van der Waals surface area (Å²) in [5, 5.41) is 7.90. The molecule has 0 fully saturated rings. The summed E-state index contributed by atoms with van der Waals surface area (Å²) < 4.78 is 28.8. The normalized spacial score (nSPS) is 13.4. The molecule has 0 heterocycles. The van der Waals surface area contributed by atoms with Gasteiger partial charge in [-0.3, -0.25) is 4.79 Å². The molecule has 2 atom stereocenters. The second-order valence-corrected chi connectivity index (χ2v) is 7.18. The van der Waals surface area contributed by atoms with Gasteiger partial charge < -0.3 is 10.6 Å². The van der Waals surface area contributed by atoms with Crippen molar-refractivity contribution in [2.75, 3.05) is 11.6 Å². The van der Waals surface area contributed by atoms with Crippen molar-refractivity contribution in [1.29, 1.82) is 0 Å². The van der Waals surface area contributed by atoms with Crippen LogP contribution < -0.4 is 10.6 Å². The highest BCUT2D eigenvalue weighted by Crippen LogP contribution is 2.27. The van der Waals surface area contributed by atoms with Crippen LogP contribution in [0.4, 0.5) is 14.5 Å².